The number of hydrogen-bond donors (Lipinski definition) is 0. The summed E-state index contributed by atoms with van der Waals surface area (Å²) in [6, 6.07) is 9.30. The summed E-state index contributed by atoms with van der Waals surface area (Å²) in [7, 11) is 3.25. The van der Waals surface area contributed by atoms with Crippen LogP contribution in [0.2, 0.25) is 0 Å². The van der Waals surface area contributed by atoms with E-state index in [1.54, 1.807) is 20.4 Å². The number of nitrogens with zero attached hydrogens (tertiary/aromatic N) is 1. The van der Waals surface area contributed by atoms with E-state index in [0.29, 0.717) is 0 Å². The Morgan fingerprint density at radius 1 is 1.11 bits per heavy atom. The van der Waals surface area contributed by atoms with Gasteiger partial charge in [0.05, 0.1) is 19.9 Å². The first-order valence-electron chi connectivity index (χ1n) is 5.43. The summed E-state index contributed by atoms with van der Waals surface area (Å²) in [6.07, 6.45) is 6.97. The van der Waals surface area contributed by atoms with Gasteiger partial charge in [-0.15, -0.1) is 6.42 Å². The predicted molar refractivity (Wildman–Crippen MR) is 70.7 cm³/mol. The van der Waals surface area contributed by atoms with E-state index in [4.69, 9.17) is 15.9 Å². The Morgan fingerprint density at radius 3 is 2.50 bits per heavy atom. The second-order valence-corrected chi connectivity index (χ2v) is 3.64. The second-order valence-electron chi connectivity index (χ2n) is 3.64. The lowest BCUT2D eigenvalue weighted by atomic mass is 10.1. The van der Waals surface area contributed by atoms with Gasteiger partial charge in [-0.2, -0.15) is 0 Å². The van der Waals surface area contributed by atoms with Crippen molar-refractivity contribution < 1.29 is 9.47 Å². The lowest BCUT2D eigenvalue weighted by Crippen LogP contribution is -1.92. The molecule has 0 unspecified atom stereocenters. The molecule has 90 valence electrons. The molecule has 3 nitrogen and oxygen atoms in total. The van der Waals surface area contributed by atoms with Gasteiger partial charge >= 0.3 is 0 Å². The maximum atomic E-state index is 5.32. The van der Waals surface area contributed by atoms with E-state index in [1.807, 2.05) is 30.3 Å². The third-order valence-electron chi connectivity index (χ3n) is 2.61. The summed E-state index contributed by atoms with van der Waals surface area (Å²) in [4.78, 5) is 4.33. The van der Waals surface area contributed by atoms with E-state index in [1.165, 1.54) is 0 Å². The normalized spacial score (nSPS) is 9.61. The fourth-order valence-corrected chi connectivity index (χ4v) is 1.65. The number of aromatic nitrogens is 1. The summed E-state index contributed by atoms with van der Waals surface area (Å²) < 4.78 is 10.5. The molecule has 0 bridgehead atoms. The molecule has 0 radical (unpaired) electrons. The average molecular weight is 239 g/mol. The van der Waals surface area contributed by atoms with Crippen LogP contribution < -0.4 is 9.47 Å². The molecule has 1 heterocycles. The molecule has 0 aliphatic carbocycles. The summed E-state index contributed by atoms with van der Waals surface area (Å²) in [5, 5.41) is 0. The third kappa shape index (κ3) is 2.28. The van der Waals surface area contributed by atoms with Crippen LogP contribution >= 0.6 is 0 Å². The Kier molecular flexibility index (Phi) is 3.49. The van der Waals surface area contributed by atoms with E-state index >= 15 is 0 Å². The smallest absolute Gasteiger partial charge is 0.128 e. The van der Waals surface area contributed by atoms with Gasteiger partial charge in [0, 0.05) is 17.3 Å². The van der Waals surface area contributed by atoms with Crippen molar-refractivity contribution >= 4 is 0 Å². The molecule has 0 aliphatic heterocycles. The number of ether oxygens (including phenoxy) is 2. The minimum atomic E-state index is 0.747. The molecule has 0 amide bonds. The highest BCUT2D eigenvalue weighted by atomic mass is 16.5. The monoisotopic (exact) mass is 239 g/mol. The predicted octanol–water partition coefficient (Wildman–Crippen LogP) is 2.75. The second kappa shape index (κ2) is 5.24. The standard InChI is InChI=1S/C15H13NO2/c1-4-11-5-7-14(16-10-11)13-9-12(17-2)6-8-15(13)18-3/h1,5-10H,2-3H3. The molecule has 0 fully saturated rings. The van der Waals surface area contributed by atoms with Gasteiger partial charge in [-0.25, -0.2) is 0 Å². The topological polar surface area (TPSA) is 31.4 Å². The lowest BCUT2D eigenvalue weighted by molar-refractivity contribution is 0.404. The Morgan fingerprint density at radius 2 is 1.94 bits per heavy atom. The molecule has 2 rings (SSSR count). The van der Waals surface area contributed by atoms with Crippen LogP contribution in [0.25, 0.3) is 11.3 Å². The van der Waals surface area contributed by atoms with E-state index in [0.717, 1.165) is 28.3 Å². The van der Waals surface area contributed by atoms with Gasteiger partial charge in [0.15, 0.2) is 0 Å². The number of benzene rings is 1. The molecule has 1 aromatic heterocycles. The fraction of sp³-hybridized carbons (Fsp3) is 0.133. The molecule has 3 heteroatoms. The largest absolute Gasteiger partial charge is 0.497 e. The van der Waals surface area contributed by atoms with Gasteiger partial charge in [-0.1, -0.05) is 5.92 Å². The van der Waals surface area contributed by atoms with Crippen LogP contribution in [0.4, 0.5) is 0 Å². The molecule has 0 spiro atoms. The highest BCUT2D eigenvalue weighted by Crippen LogP contribution is 2.32. The average Bonchev–Trinajstić information content (AvgIpc) is 2.46. The van der Waals surface area contributed by atoms with Gasteiger partial charge in [0.25, 0.3) is 0 Å². The summed E-state index contributed by atoms with van der Waals surface area (Å²) in [5.74, 6) is 4.04. The van der Waals surface area contributed by atoms with E-state index < -0.39 is 0 Å². The van der Waals surface area contributed by atoms with Crippen molar-refractivity contribution in [3.05, 3.63) is 42.1 Å². The Hall–Kier alpha value is -2.47. The molecule has 0 saturated carbocycles. The van der Waals surface area contributed by atoms with Crippen molar-refractivity contribution in [1.29, 1.82) is 0 Å². The molecular formula is C15H13NO2. The zero-order valence-corrected chi connectivity index (χ0v) is 10.3. The maximum absolute atomic E-state index is 5.32. The molecule has 2 aromatic rings. The van der Waals surface area contributed by atoms with Crippen LogP contribution in [-0.4, -0.2) is 19.2 Å². The van der Waals surface area contributed by atoms with Gasteiger partial charge < -0.3 is 9.47 Å². The SMILES string of the molecule is C#Cc1ccc(-c2cc(OC)ccc2OC)nc1. The van der Waals surface area contributed by atoms with Crippen LogP contribution in [0.3, 0.4) is 0 Å². The molecule has 0 saturated heterocycles. The molecule has 0 atom stereocenters. The highest BCUT2D eigenvalue weighted by molar-refractivity contribution is 5.69. The van der Waals surface area contributed by atoms with Gasteiger partial charge in [-0.3, -0.25) is 4.98 Å². The number of hydrogen-bond acceptors (Lipinski definition) is 3. The van der Waals surface area contributed by atoms with Crippen molar-refractivity contribution in [3.8, 4) is 35.1 Å². The van der Waals surface area contributed by atoms with Crippen molar-refractivity contribution in [2.75, 3.05) is 14.2 Å². The van der Waals surface area contributed by atoms with Crippen molar-refractivity contribution in [2.24, 2.45) is 0 Å². The third-order valence-corrected chi connectivity index (χ3v) is 2.61. The quantitative estimate of drug-likeness (QED) is 0.772. The Bertz CT molecular complexity index is 582. The number of pyridine rings is 1. The Balaban J connectivity index is 2.50. The molecule has 0 aliphatic rings. The van der Waals surface area contributed by atoms with Gasteiger partial charge in [0.2, 0.25) is 0 Å². The van der Waals surface area contributed by atoms with Crippen molar-refractivity contribution in [3.63, 3.8) is 0 Å². The van der Waals surface area contributed by atoms with Gasteiger partial charge in [-0.05, 0) is 30.3 Å². The van der Waals surface area contributed by atoms with Crippen LogP contribution in [0.1, 0.15) is 5.56 Å². The minimum Gasteiger partial charge on any atom is -0.497 e. The molecule has 1 aromatic carbocycles. The lowest BCUT2D eigenvalue weighted by Gasteiger charge is -2.09. The molecule has 18 heavy (non-hydrogen) atoms. The zero-order chi connectivity index (χ0) is 13.0. The van der Waals surface area contributed by atoms with Crippen LogP contribution in [0.5, 0.6) is 11.5 Å². The fourth-order valence-electron chi connectivity index (χ4n) is 1.65. The van der Waals surface area contributed by atoms with E-state index in [2.05, 4.69) is 10.9 Å². The van der Waals surface area contributed by atoms with E-state index in [9.17, 15) is 0 Å². The summed E-state index contributed by atoms with van der Waals surface area (Å²) in [5.41, 5.74) is 2.42. The Labute approximate surface area is 106 Å². The van der Waals surface area contributed by atoms with E-state index in [-0.39, 0.29) is 0 Å². The zero-order valence-electron chi connectivity index (χ0n) is 10.3. The first-order valence-corrected chi connectivity index (χ1v) is 5.43. The van der Waals surface area contributed by atoms with Crippen LogP contribution in [-0.2, 0) is 0 Å². The first-order chi connectivity index (χ1) is 8.78. The highest BCUT2D eigenvalue weighted by Gasteiger charge is 2.08. The van der Waals surface area contributed by atoms with Gasteiger partial charge in [0.1, 0.15) is 11.5 Å². The van der Waals surface area contributed by atoms with Crippen LogP contribution in [0, 0.1) is 12.3 Å². The van der Waals surface area contributed by atoms with Crippen molar-refractivity contribution in [1.82, 2.24) is 4.98 Å². The van der Waals surface area contributed by atoms with Crippen LogP contribution in [0.15, 0.2) is 36.5 Å². The maximum Gasteiger partial charge on any atom is 0.128 e. The minimum absolute atomic E-state index is 0.747. The first kappa shape index (κ1) is 12.0. The molecule has 0 N–H and O–H groups in total. The summed E-state index contributed by atoms with van der Waals surface area (Å²) >= 11 is 0. The van der Waals surface area contributed by atoms with Crippen molar-refractivity contribution in [2.45, 2.75) is 0 Å². The number of methoxy groups -OCH3 is 2. The number of rotatable bonds is 3. The summed E-state index contributed by atoms with van der Waals surface area (Å²) in [6.45, 7) is 0. The molecular weight excluding hydrogens is 226 g/mol. The number of terminal acetylenes is 1.